The van der Waals surface area contributed by atoms with E-state index in [1.54, 1.807) is 0 Å². The number of rotatable bonds is 6. The normalized spacial score (nSPS) is 23.6. The Kier molecular flexibility index (Phi) is 5.03. The molecule has 3 nitrogen and oxygen atoms in total. The predicted octanol–water partition coefficient (Wildman–Crippen LogP) is 1.88. The van der Waals surface area contributed by atoms with E-state index in [0.29, 0.717) is 6.04 Å². The molecule has 0 spiro atoms. The second-order valence-electron chi connectivity index (χ2n) is 5.36. The highest BCUT2D eigenvalue weighted by Gasteiger charge is 2.31. The van der Waals surface area contributed by atoms with Crippen LogP contribution in [-0.4, -0.2) is 29.7 Å². The van der Waals surface area contributed by atoms with Gasteiger partial charge in [-0.25, -0.2) is 5.01 Å². The molecule has 0 aliphatic carbocycles. The highest BCUT2D eigenvalue weighted by molar-refractivity contribution is 4.86. The Hall–Kier alpha value is -0.120. The lowest BCUT2D eigenvalue weighted by molar-refractivity contribution is 0.0870. The van der Waals surface area contributed by atoms with Gasteiger partial charge in [0.25, 0.3) is 0 Å². The first-order chi connectivity index (χ1) is 7.06. The maximum Gasteiger partial charge on any atom is 0.0323 e. The van der Waals surface area contributed by atoms with Crippen LogP contribution < -0.4 is 11.2 Å². The molecule has 0 saturated carbocycles. The highest BCUT2D eigenvalue weighted by Crippen LogP contribution is 2.22. The van der Waals surface area contributed by atoms with Gasteiger partial charge in [-0.3, -0.25) is 5.43 Å². The van der Waals surface area contributed by atoms with Crippen LogP contribution in [0.2, 0.25) is 0 Å². The third kappa shape index (κ3) is 4.09. The molecule has 1 rings (SSSR count). The van der Waals surface area contributed by atoms with Crippen molar-refractivity contribution in [3.63, 3.8) is 0 Å². The van der Waals surface area contributed by atoms with Gasteiger partial charge in [0, 0.05) is 24.7 Å². The number of hydrogen-bond acceptors (Lipinski definition) is 3. The lowest BCUT2D eigenvalue weighted by atomic mass is 9.95. The zero-order chi connectivity index (χ0) is 11.3. The van der Waals surface area contributed by atoms with Crippen LogP contribution in [0, 0.1) is 0 Å². The molecule has 1 fully saturated rings. The van der Waals surface area contributed by atoms with Crippen molar-refractivity contribution in [3.05, 3.63) is 0 Å². The minimum atomic E-state index is 0.252. The standard InChI is InChI=1S/C12H27N3/c1-4-5-6-7-8-12(2,3)15-10-11(13)9-14-15/h11,14H,4-10,13H2,1-3H3. The van der Waals surface area contributed by atoms with Crippen molar-refractivity contribution < 1.29 is 0 Å². The fraction of sp³-hybridized carbons (Fsp3) is 1.00. The summed E-state index contributed by atoms with van der Waals surface area (Å²) in [5.74, 6) is 0. The fourth-order valence-corrected chi connectivity index (χ4v) is 2.17. The van der Waals surface area contributed by atoms with Crippen LogP contribution in [0.1, 0.15) is 52.9 Å². The average molecular weight is 213 g/mol. The van der Waals surface area contributed by atoms with Crippen LogP contribution in [0.5, 0.6) is 0 Å². The van der Waals surface area contributed by atoms with E-state index in [0.717, 1.165) is 13.1 Å². The van der Waals surface area contributed by atoms with Crippen molar-refractivity contribution in [1.82, 2.24) is 10.4 Å². The van der Waals surface area contributed by atoms with Gasteiger partial charge in [-0.05, 0) is 20.3 Å². The van der Waals surface area contributed by atoms with Crippen LogP contribution in [0.15, 0.2) is 0 Å². The molecule has 0 amide bonds. The van der Waals surface area contributed by atoms with Gasteiger partial charge < -0.3 is 5.73 Å². The summed E-state index contributed by atoms with van der Waals surface area (Å²) in [6, 6.07) is 0.305. The Balaban J connectivity index is 2.25. The molecule has 0 radical (unpaired) electrons. The lowest BCUT2D eigenvalue weighted by Crippen LogP contribution is -2.48. The molecule has 0 aromatic carbocycles. The van der Waals surface area contributed by atoms with Crippen LogP contribution in [0.3, 0.4) is 0 Å². The quantitative estimate of drug-likeness (QED) is 0.662. The Morgan fingerprint density at radius 2 is 2.07 bits per heavy atom. The summed E-state index contributed by atoms with van der Waals surface area (Å²) in [5.41, 5.74) is 9.54. The van der Waals surface area contributed by atoms with Crippen molar-refractivity contribution in [2.24, 2.45) is 5.73 Å². The van der Waals surface area contributed by atoms with Crippen molar-refractivity contribution in [3.8, 4) is 0 Å². The average Bonchev–Trinajstić information content (AvgIpc) is 2.60. The molecule has 1 unspecified atom stereocenters. The molecule has 1 heterocycles. The van der Waals surface area contributed by atoms with E-state index in [1.165, 1.54) is 32.1 Å². The van der Waals surface area contributed by atoms with Gasteiger partial charge >= 0.3 is 0 Å². The second-order valence-corrected chi connectivity index (χ2v) is 5.36. The van der Waals surface area contributed by atoms with Gasteiger partial charge in [-0.1, -0.05) is 32.6 Å². The first-order valence-corrected chi connectivity index (χ1v) is 6.33. The third-order valence-electron chi connectivity index (χ3n) is 3.33. The van der Waals surface area contributed by atoms with Gasteiger partial charge in [0.1, 0.15) is 0 Å². The van der Waals surface area contributed by atoms with E-state index in [1.807, 2.05) is 0 Å². The Morgan fingerprint density at radius 3 is 2.60 bits per heavy atom. The molecule has 1 aliphatic heterocycles. The van der Waals surface area contributed by atoms with E-state index >= 15 is 0 Å². The monoisotopic (exact) mass is 213 g/mol. The second kappa shape index (κ2) is 5.83. The summed E-state index contributed by atoms with van der Waals surface area (Å²) in [4.78, 5) is 0. The molecule has 15 heavy (non-hydrogen) atoms. The lowest BCUT2D eigenvalue weighted by Gasteiger charge is -2.35. The molecule has 90 valence electrons. The first-order valence-electron chi connectivity index (χ1n) is 6.33. The summed E-state index contributed by atoms with van der Waals surface area (Å²) in [6.07, 6.45) is 6.62. The number of nitrogens with two attached hydrogens (primary N) is 1. The molecule has 1 saturated heterocycles. The Bertz CT molecular complexity index is 180. The minimum Gasteiger partial charge on any atom is -0.325 e. The van der Waals surface area contributed by atoms with Crippen molar-refractivity contribution >= 4 is 0 Å². The number of hydrogen-bond donors (Lipinski definition) is 2. The van der Waals surface area contributed by atoms with Crippen LogP contribution in [0.25, 0.3) is 0 Å². The fourth-order valence-electron chi connectivity index (χ4n) is 2.17. The molecule has 3 heteroatoms. The van der Waals surface area contributed by atoms with Crippen molar-refractivity contribution in [2.75, 3.05) is 13.1 Å². The SMILES string of the molecule is CCCCCCC(C)(C)N1CC(N)CN1. The summed E-state index contributed by atoms with van der Waals surface area (Å²) in [6.45, 7) is 8.79. The summed E-state index contributed by atoms with van der Waals surface area (Å²) < 4.78 is 0. The van der Waals surface area contributed by atoms with Crippen LogP contribution >= 0.6 is 0 Å². The van der Waals surface area contributed by atoms with Gasteiger partial charge in [0.05, 0.1) is 0 Å². The molecule has 1 aliphatic rings. The Morgan fingerprint density at radius 1 is 1.33 bits per heavy atom. The summed E-state index contributed by atoms with van der Waals surface area (Å²) in [5, 5.41) is 2.32. The van der Waals surface area contributed by atoms with Gasteiger partial charge in [-0.2, -0.15) is 0 Å². The van der Waals surface area contributed by atoms with Crippen LogP contribution in [-0.2, 0) is 0 Å². The maximum absolute atomic E-state index is 5.89. The van der Waals surface area contributed by atoms with Gasteiger partial charge in [-0.15, -0.1) is 0 Å². The molecule has 0 aromatic heterocycles. The zero-order valence-corrected chi connectivity index (χ0v) is 10.6. The number of nitrogens with one attached hydrogen (secondary N) is 1. The van der Waals surface area contributed by atoms with Gasteiger partial charge in [0.2, 0.25) is 0 Å². The topological polar surface area (TPSA) is 41.3 Å². The molecule has 3 N–H and O–H groups in total. The van der Waals surface area contributed by atoms with E-state index < -0.39 is 0 Å². The largest absolute Gasteiger partial charge is 0.325 e. The molecular formula is C12H27N3. The van der Waals surface area contributed by atoms with Crippen LogP contribution in [0.4, 0.5) is 0 Å². The number of hydrazine groups is 1. The maximum atomic E-state index is 5.89. The van der Waals surface area contributed by atoms with Crippen molar-refractivity contribution in [1.29, 1.82) is 0 Å². The zero-order valence-electron chi connectivity index (χ0n) is 10.6. The molecule has 0 bridgehead atoms. The van der Waals surface area contributed by atoms with E-state index in [2.05, 4.69) is 31.2 Å². The smallest absolute Gasteiger partial charge is 0.0323 e. The van der Waals surface area contributed by atoms with Gasteiger partial charge in [0.15, 0.2) is 0 Å². The summed E-state index contributed by atoms with van der Waals surface area (Å²) in [7, 11) is 0. The minimum absolute atomic E-state index is 0.252. The highest BCUT2D eigenvalue weighted by atomic mass is 15.6. The summed E-state index contributed by atoms with van der Waals surface area (Å²) >= 11 is 0. The first kappa shape index (κ1) is 12.9. The van der Waals surface area contributed by atoms with E-state index in [4.69, 9.17) is 5.73 Å². The molecular weight excluding hydrogens is 186 g/mol. The van der Waals surface area contributed by atoms with E-state index in [-0.39, 0.29) is 5.54 Å². The molecule has 0 aromatic rings. The van der Waals surface area contributed by atoms with Crippen molar-refractivity contribution in [2.45, 2.75) is 64.5 Å². The predicted molar refractivity (Wildman–Crippen MR) is 65.5 cm³/mol. The number of nitrogens with zero attached hydrogens (tertiary/aromatic N) is 1. The number of unbranched alkanes of at least 4 members (excludes halogenated alkanes) is 3. The third-order valence-corrected chi connectivity index (χ3v) is 3.33. The van der Waals surface area contributed by atoms with E-state index in [9.17, 15) is 0 Å². The molecule has 1 atom stereocenters. The Labute approximate surface area is 94.4 Å².